The molecule has 0 aliphatic carbocycles. The topological polar surface area (TPSA) is 79.9 Å². The molecule has 1 unspecified atom stereocenters. The largest absolute Gasteiger partial charge is 0.489 e. The number of aromatic nitrogens is 2. The summed E-state index contributed by atoms with van der Waals surface area (Å²) in [6, 6.07) is 34.6. The van der Waals surface area contributed by atoms with Crippen molar-refractivity contribution < 1.29 is 13.9 Å². The van der Waals surface area contributed by atoms with Crippen molar-refractivity contribution in [2.24, 2.45) is 0 Å². The van der Waals surface area contributed by atoms with Crippen molar-refractivity contribution in [3.8, 4) is 28.8 Å². The number of nitrogens with zero attached hydrogens (tertiary/aromatic N) is 3. The van der Waals surface area contributed by atoms with E-state index >= 15 is 0 Å². The van der Waals surface area contributed by atoms with E-state index in [2.05, 4.69) is 5.32 Å². The summed E-state index contributed by atoms with van der Waals surface area (Å²) < 4.78 is 21.5. The standard InChI is InChI=1S/C34H27FN4O2/c1-24(25-10-4-2-5-11-25)37-34(40)28(21-36)20-29-22-39(30-13-6-3-7-14-30)38-33(29)26-16-18-31(19-17-26)41-23-27-12-8-9-15-32(27)35/h2-20,22,24H,23H2,1H3,(H,37,40). The quantitative estimate of drug-likeness (QED) is 0.160. The van der Waals surface area contributed by atoms with Crippen molar-refractivity contribution in [1.82, 2.24) is 15.1 Å². The number of ether oxygens (including phenoxy) is 1. The predicted octanol–water partition coefficient (Wildman–Crippen LogP) is 7.04. The zero-order valence-corrected chi connectivity index (χ0v) is 22.4. The molecule has 4 aromatic carbocycles. The number of hydrogen-bond acceptors (Lipinski definition) is 4. The molecule has 41 heavy (non-hydrogen) atoms. The summed E-state index contributed by atoms with van der Waals surface area (Å²) >= 11 is 0. The Labute approximate surface area is 238 Å². The summed E-state index contributed by atoms with van der Waals surface area (Å²) in [6.07, 6.45) is 3.34. The van der Waals surface area contributed by atoms with Crippen molar-refractivity contribution in [3.63, 3.8) is 0 Å². The highest BCUT2D eigenvalue weighted by Crippen LogP contribution is 2.28. The fraction of sp³-hybridized carbons (Fsp3) is 0.0882. The Kier molecular flexibility index (Phi) is 8.32. The fourth-order valence-corrected chi connectivity index (χ4v) is 4.32. The maximum absolute atomic E-state index is 14.0. The zero-order chi connectivity index (χ0) is 28.6. The van der Waals surface area contributed by atoms with Crippen LogP contribution < -0.4 is 10.1 Å². The SMILES string of the molecule is CC(NC(=O)C(C#N)=Cc1cn(-c2ccccc2)nc1-c1ccc(OCc2ccccc2F)cc1)c1ccccc1. The molecule has 6 nitrogen and oxygen atoms in total. The van der Waals surface area contributed by atoms with Gasteiger partial charge in [0, 0.05) is 22.9 Å². The third-order valence-electron chi connectivity index (χ3n) is 6.56. The third-order valence-corrected chi connectivity index (χ3v) is 6.56. The van der Waals surface area contributed by atoms with E-state index in [-0.39, 0.29) is 24.0 Å². The first-order valence-electron chi connectivity index (χ1n) is 13.1. The Morgan fingerprint density at radius 2 is 1.63 bits per heavy atom. The molecule has 1 N–H and O–H groups in total. The number of amides is 1. The molecule has 0 aliphatic rings. The zero-order valence-electron chi connectivity index (χ0n) is 22.4. The first-order valence-corrected chi connectivity index (χ1v) is 13.1. The number of halogens is 1. The number of carbonyl (C=O) groups excluding carboxylic acids is 1. The van der Waals surface area contributed by atoms with Crippen molar-refractivity contribution >= 4 is 12.0 Å². The molecule has 1 amide bonds. The second kappa shape index (κ2) is 12.6. The van der Waals surface area contributed by atoms with Crippen molar-refractivity contribution in [2.75, 3.05) is 0 Å². The van der Waals surface area contributed by atoms with Crippen LogP contribution in [-0.4, -0.2) is 15.7 Å². The van der Waals surface area contributed by atoms with Crippen LogP contribution in [0, 0.1) is 17.1 Å². The number of nitriles is 1. The van der Waals surface area contributed by atoms with E-state index in [1.807, 2.05) is 85.8 Å². The molecule has 0 bridgehead atoms. The number of benzene rings is 4. The van der Waals surface area contributed by atoms with Gasteiger partial charge in [0.05, 0.1) is 17.4 Å². The van der Waals surface area contributed by atoms with Crippen molar-refractivity contribution in [1.29, 1.82) is 5.26 Å². The maximum atomic E-state index is 14.0. The van der Waals surface area contributed by atoms with Gasteiger partial charge in [-0.1, -0.05) is 66.7 Å². The van der Waals surface area contributed by atoms with Gasteiger partial charge in [-0.2, -0.15) is 10.4 Å². The summed E-state index contributed by atoms with van der Waals surface area (Å²) in [5.74, 6) is -0.217. The molecule has 202 valence electrons. The lowest BCUT2D eigenvalue weighted by molar-refractivity contribution is -0.117. The van der Waals surface area contributed by atoms with Crippen LogP contribution in [0.3, 0.4) is 0 Å². The summed E-state index contributed by atoms with van der Waals surface area (Å²) in [4.78, 5) is 13.1. The summed E-state index contributed by atoms with van der Waals surface area (Å²) in [7, 11) is 0. The maximum Gasteiger partial charge on any atom is 0.262 e. The second-order valence-electron chi connectivity index (χ2n) is 9.39. The summed E-state index contributed by atoms with van der Waals surface area (Å²) in [5, 5.41) is 17.6. The van der Waals surface area contributed by atoms with Gasteiger partial charge in [0.2, 0.25) is 0 Å². The van der Waals surface area contributed by atoms with E-state index in [9.17, 15) is 14.4 Å². The number of para-hydroxylation sites is 1. The lowest BCUT2D eigenvalue weighted by Gasteiger charge is -2.13. The number of hydrogen-bond donors (Lipinski definition) is 1. The van der Waals surface area contributed by atoms with E-state index in [0.29, 0.717) is 22.6 Å². The van der Waals surface area contributed by atoms with Gasteiger partial charge >= 0.3 is 0 Å². The summed E-state index contributed by atoms with van der Waals surface area (Å²) in [5.41, 5.74) is 4.16. The lowest BCUT2D eigenvalue weighted by atomic mass is 10.0. The molecular formula is C34H27FN4O2. The van der Waals surface area contributed by atoms with Gasteiger partial charge in [0.15, 0.2) is 0 Å². The minimum absolute atomic E-state index is 0.0357. The van der Waals surface area contributed by atoms with E-state index in [1.54, 1.807) is 47.3 Å². The Bertz CT molecular complexity index is 1710. The Morgan fingerprint density at radius 3 is 2.32 bits per heavy atom. The van der Waals surface area contributed by atoms with Crippen LogP contribution in [0.4, 0.5) is 4.39 Å². The molecule has 1 heterocycles. The minimum atomic E-state index is -0.473. The Morgan fingerprint density at radius 1 is 0.976 bits per heavy atom. The van der Waals surface area contributed by atoms with Gasteiger partial charge in [0.1, 0.15) is 29.8 Å². The normalized spacial score (nSPS) is 11.9. The highest BCUT2D eigenvalue weighted by molar-refractivity contribution is 6.02. The van der Waals surface area contributed by atoms with Gasteiger partial charge in [-0.25, -0.2) is 9.07 Å². The third kappa shape index (κ3) is 6.57. The van der Waals surface area contributed by atoms with Gasteiger partial charge in [-0.05, 0) is 61.0 Å². The summed E-state index contributed by atoms with van der Waals surface area (Å²) in [6.45, 7) is 1.97. The Balaban J connectivity index is 1.43. The van der Waals surface area contributed by atoms with Crippen LogP contribution in [0.5, 0.6) is 5.75 Å². The second-order valence-corrected chi connectivity index (χ2v) is 9.39. The highest BCUT2D eigenvalue weighted by Gasteiger charge is 2.17. The molecule has 0 saturated carbocycles. The molecule has 5 rings (SSSR count). The average molecular weight is 543 g/mol. The molecule has 0 fully saturated rings. The van der Waals surface area contributed by atoms with Crippen LogP contribution >= 0.6 is 0 Å². The molecule has 1 atom stereocenters. The Hall–Kier alpha value is -5.48. The number of nitrogens with one attached hydrogen (secondary N) is 1. The average Bonchev–Trinajstić information content (AvgIpc) is 3.44. The van der Waals surface area contributed by atoms with Crippen LogP contribution in [0.2, 0.25) is 0 Å². The molecular weight excluding hydrogens is 515 g/mol. The van der Waals surface area contributed by atoms with Gasteiger partial charge in [-0.3, -0.25) is 4.79 Å². The van der Waals surface area contributed by atoms with Crippen LogP contribution in [-0.2, 0) is 11.4 Å². The van der Waals surface area contributed by atoms with Crippen LogP contribution in [0.15, 0.2) is 121 Å². The fourth-order valence-electron chi connectivity index (χ4n) is 4.32. The first kappa shape index (κ1) is 27.1. The van der Waals surface area contributed by atoms with Crippen molar-refractivity contribution in [2.45, 2.75) is 19.6 Å². The molecule has 0 radical (unpaired) electrons. The minimum Gasteiger partial charge on any atom is -0.489 e. The first-order chi connectivity index (χ1) is 20.0. The molecule has 0 spiro atoms. The molecule has 7 heteroatoms. The van der Waals surface area contributed by atoms with E-state index in [1.165, 1.54) is 6.07 Å². The molecule has 1 aromatic heterocycles. The molecule has 0 saturated heterocycles. The highest BCUT2D eigenvalue weighted by atomic mass is 19.1. The van der Waals surface area contributed by atoms with Gasteiger partial charge in [0.25, 0.3) is 5.91 Å². The molecule has 5 aromatic rings. The van der Waals surface area contributed by atoms with Crippen molar-refractivity contribution in [3.05, 3.63) is 143 Å². The molecule has 0 aliphatic heterocycles. The number of carbonyl (C=O) groups is 1. The van der Waals surface area contributed by atoms with E-state index in [0.717, 1.165) is 16.8 Å². The van der Waals surface area contributed by atoms with Gasteiger partial charge in [-0.15, -0.1) is 0 Å². The van der Waals surface area contributed by atoms with E-state index in [4.69, 9.17) is 9.84 Å². The number of rotatable bonds is 9. The van der Waals surface area contributed by atoms with Gasteiger partial charge < -0.3 is 10.1 Å². The lowest BCUT2D eigenvalue weighted by Crippen LogP contribution is -2.27. The predicted molar refractivity (Wildman–Crippen MR) is 156 cm³/mol. The van der Waals surface area contributed by atoms with E-state index < -0.39 is 5.91 Å². The van der Waals surface area contributed by atoms with Crippen LogP contribution in [0.1, 0.15) is 29.7 Å². The van der Waals surface area contributed by atoms with Crippen LogP contribution in [0.25, 0.3) is 23.0 Å². The smallest absolute Gasteiger partial charge is 0.262 e. The monoisotopic (exact) mass is 542 g/mol.